The molecule has 2 aromatic rings. The highest BCUT2D eigenvalue weighted by molar-refractivity contribution is 9.10. The van der Waals surface area contributed by atoms with Gasteiger partial charge >= 0.3 is 0 Å². The smallest absolute Gasteiger partial charge is 0.218 e. The Bertz CT molecular complexity index is 1170. The van der Waals surface area contributed by atoms with E-state index in [-0.39, 0.29) is 5.56 Å². The number of nitrogens with one attached hydrogen (secondary N) is 1. The Morgan fingerprint density at radius 3 is 2.30 bits per heavy atom. The van der Waals surface area contributed by atoms with Crippen molar-refractivity contribution in [1.82, 2.24) is 0 Å². The first-order valence-corrected chi connectivity index (χ1v) is 9.78. The quantitative estimate of drug-likeness (QED) is 0.690. The van der Waals surface area contributed by atoms with E-state index in [1.54, 1.807) is 43.3 Å². The number of rotatable bonds is 2. The molecule has 0 amide bonds. The second-order valence-electron chi connectivity index (χ2n) is 7.41. The van der Waals surface area contributed by atoms with Gasteiger partial charge in [0.15, 0.2) is 5.41 Å². The van der Waals surface area contributed by atoms with E-state index in [2.05, 4.69) is 15.9 Å². The van der Waals surface area contributed by atoms with Gasteiger partial charge in [0.05, 0.1) is 24.1 Å². The second-order valence-corrected chi connectivity index (χ2v) is 8.32. The lowest BCUT2D eigenvalue weighted by Crippen LogP contribution is -2.57. The molecule has 1 N–H and O–H groups in total. The van der Waals surface area contributed by atoms with Gasteiger partial charge in [0.25, 0.3) is 0 Å². The minimum absolute atomic E-state index is 0.0584. The Kier molecular flexibility index (Phi) is 4.43. The number of ether oxygens (including phenoxy) is 2. The van der Waals surface area contributed by atoms with Crippen LogP contribution in [0.4, 0.5) is 4.39 Å². The fraction of sp³-hybridized carbons (Fsp3) is 0.273. The van der Waals surface area contributed by atoms with Crippen LogP contribution in [0.15, 0.2) is 53.0 Å². The van der Waals surface area contributed by atoms with Gasteiger partial charge in [-0.15, -0.1) is 0 Å². The zero-order chi connectivity index (χ0) is 21.7. The van der Waals surface area contributed by atoms with Crippen LogP contribution in [0.25, 0.3) is 0 Å². The molecule has 0 saturated carbocycles. The van der Waals surface area contributed by atoms with Crippen molar-refractivity contribution in [1.29, 1.82) is 21.2 Å². The minimum Gasteiger partial charge on any atom is -0.447 e. The molecule has 2 saturated heterocycles. The molecule has 0 aliphatic carbocycles. The van der Waals surface area contributed by atoms with Crippen molar-refractivity contribution < 1.29 is 13.9 Å². The molecule has 2 aromatic carbocycles. The molecule has 2 aliphatic rings. The van der Waals surface area contributed by atoms with Crippen molar-refractivity contribution in [2.45, 2.75) is 24.7 Å². The Labute approximate surface area is 180 Å². The Morgan fingerprint density at radius 2 is 1.73 bits per heavy atom. The Morgan fingerprint density at radius 1 is 1.07 bits per heavy atom. The van der Waals surface area contributed by atoms with E-state index in [9.17, 15) is 20.2 Å². The fourth-order valence-electron chi connectivity index (χ4n) is 4.63. The summed E-state index contributed by atoms with van der Waals surface area (Å²) in [5.74, 6) is -3.75. The number of hydrogen-bond acceptors (Lipinski definition) is 6. The number of fused-ring (bicyclic) bond motifs is 2. The molecule has 0 aromatic heterocycles. The summed E-state index contributed by atoms with van der Waals surface area (Å²) in [6, 6.07) is 18.7. The Hall–Kier alpha value is -3.25. The molecule has 4 unspecified atom stereocenters. The molecule has 4 rings (SSSR count). The maximum absolute atomic E-state index is 14.9. The second kappa shape index (κ2) is 6.64. The van der Waals surface area contributed by atoms with Gasteiger partial charge in [-0.3, -0.25) is 5.41 Å². The number of nitriles is 3. The lowest BCUT2D eigenvalue weighted by atomic mass is 9.52. The molecule has 0 spiro atoms. The van der Waals surface area contributed by atoms with Crippen molar-refractivity contribution in [3.63, 3.8) is 0 Å². The van der Waals surface area contributed by atoms with Crippen LogP contribution in [0.3, 0.4) is 0 Å². The van der Waals surface area contributed by atoms with Gasteiger partial charge < -0.3 is 9.47 Å². The van der Waals surface area contributed by atoms with E-state index in [1.807, 2.05) is 18.2 Å². The molecule has 2 fully saturated rings. The minimum atomic E-state index is -2.23. The van der Waals surface area contributed by atoms with Gasteiger partial charge in [-0.1, -0.05) is 52.3 Å². The van der Waals surface area contributed by atoms with E-state index in [0.29, 0.717) is 10.0 Å². The third-order valence-electron chi connectivity index (χ3n) is 5.89. The highest BCUT2D eigenvalue weighted by atomic mass is 79.9. The lowest BCUT2D eigenvalue weighted by molar-refractivity contribution is -0.254. The lowest BCUT2D eigenvalue weighted by Gasteiger charge is -2.48. The van der Waals surface area contributed by atoms with Crippen LogP contribution < -0.4 is 0 Å². The number of hydrogen-bond donors (Lipinski definition) is 1. The third kappa shape index (κ3) is 2.31. The first-order chi connectivity index (χ1) is 14.3. The normalized spacial score (nSPS) is 31.1. The highest BCUT2D eigenvalue weighted by Crippen LogP contribution is 2.69. The standard InChI is InChI=1S/C22H14BrFN4O2/c1-20-17(13-5-3-2-4-6-13)22(12-27,19(28)30-20)21(10-25,11-26)18(29-20)15-8-7-14(23)9-16(15)24/h2-9,17-18,28H,1H3. The van der Waals surface area contributed by atoms with Gasteiger partial charge in [-0.2, -0.15) is 15.8 Å². The van der Waals surface area contributed by atoms with Crippen LogP contribution in [0, 0.1) is 56.0 Å². The summed E-state index contributed by atoms with van der Waals surface area (Å²) in [6.45, 7) is 1.54. The molecule has 30 heavy (non-hydrogen) atoms. The summed E-state index contributed by atoms with van der Waals surface area (Å²) < 4.78 is 27.2. The molecule has 2 aliphatic heterocycles. The van der Waals surface area contributed by atoms with Crippen molar-refractivity contribution in [2.75, 3.05) is 0 Å². The van der Waals surface area contributed by atoms with Gasteiger partial charge in [0.1, 0.15) is 11.9 Å². The number of benzene rings is 2. The highest BCUT2D eigenvalue weighted by Gasteiger charge is 2.79. The molecule has 8 heteroatoms. The first-order valence-electron chi connectivity index (χ1n) is 8.99. The monoisotopic (exact) mass is 464 g/mol. The predicted octanol–water partition coefficient (Wildman–Crippen LogP) is 4.71. The first kappa shape index (κ1) is 20.0. The van der Waals surface area contributed by atoms with Gasteiger partial charge in [0.2, 0.25) is 17.1 Å². The van der Waals surface area contributed by atoms with E-state index in [4.69, 9.17) is 14.9 Å². The van der Waals surface area contributed by atoms with Crippen molar-refractivity contribution in [2.24, 2.45) is 10.8 Å². The molecule has 2 bridgehead atoms. The van der Waals surface area contributed by atoms with Crippen LogP contribution >= 0.6 is 15.9 Å². The molecular weight excluding hydrogens is 451 g/mol. The molecular formula is C22H14BrFN4O2. The summed E-state index contributed by atoms with van der Waals surface area (Å²) >= 11 is 3.18. The van der Waals surface area contributed by atoms with E-state index >= 15 is 0 Å². The van der Waals surface area contributed by atoms with E-state index < -0.39 is 40.4 Å². The largest absolute Gasteiger partial charge is 0.447 e. The maximum atomic E-state index is 14.9. The SMILES string of the molecule is CC12OC(=N)C(C#N)(C1c1ccccc1)C(C#N)(C#N)C(c1ccc(Br)cc1F)O2. The van der Waals surface area contributed by atoms with Crippen LogP contribution in [0.2, 0.25) is 0 Å². The average Bonchev–Trinajstić information content (AvgIpc) is 2.92. The molecule has 4 atom stereocenters. The van der Waals surface area contributed by atoms with Gasteiger partial charge in [-0.05, 0) is 17.7 Å². The molecule has 0 radical (unpaired) electrons. The maximum Gasteiger partial charge on any atom is 0.218 e. The van der Waals surface area contributed by atoms with Crippen LogP contribution in [-0.2, 0) is 9.47 Å². The molecule has 6 nitrogen and oxygen atoms in total. The molecule has 148 valence electrons. The van der Waals surface area contributed by atoms with Crippen molar-refractivity contribution >= 4 is 21.8 Å². The van der Waals surface area contributed by atoms with Gasteiger partial charge in [-0.25, -0.2) is 4.39 Å². The Balaban J connectivity index is 2.05. The van der Waals surface area contributed by atoms with Crippen LogP contribution in [0.1, 0.15) is 30.1 Å². The van der Waals surface area contributed by atoms with E-state index in [0.717, 1.165) is 0 Å². The summed E-state index contributed by atoms with van der Waals surface area (Å²) in [5.41, 5.74) is -3.72. The average molecular weight is 465 g/mol. The predicted molar refractivity (Wildman–Crippen MR) is 106 cm³/mol. The zero-order valence-electron chi connectivity index (χ0n) is 15.7. The van der Waals surface area contributed by atoms with E-state index in [1.165, 1.54) is 12.1 Å². The van der Waals surface area contributed by atoms with Gasteiger partial charge in [0, 0.05) is 17.0 Å². The topological polar surface area (TPSA) is 114 Å². The number of halogens is 2. The summed E-state index contributed by atoms with van der Waals surface area (Å²) in [6.07, 6.45) is -1.45. The molecule has 2 heterocycles. The summed E-state index contributed by atoms with van der Waals surface area (Å²) in [7, 11) is 0. The van der Waals surface area contributed by atoms with Crippen molar-refractivity contribution in [3.05, 3.63) is 69.9 Å². The summed E-state index contributed by atoms with van der Waals surface area (Å²) in [5, 5.41) is 39.3. The zero-order valence-corrected chi connectivity index (χ0v) is 17.3. The third-order valence-corrected chi connectivity index (χ3v) is 6.39. The van der Waals surface area contributed by atoms with Crippen LogP contribution in [0.5, 0.6) is 0 Å². The number of nitrogens with zero attached hydrogens (tertiary/aromatic N) is 3. The van der Waals surface area contributed by atoms with Crippen molar-refractivity contribution in [3.8, 4) is 18.2 Å². The van der Waals surface area contributed by atoms with Crippen LogP contribution in [-0.4, -0.2) is 11.7 Å². The summed E-state index contributed by atoms with van der Waals surface area (Å²) in [4.78, 5) is 0. The fourth-order valence-corrected chi connectivity index (χ4v) is 4.96.